The fraction of sp³-hybridized carbons (Fsp3) is 1.00. The molecule has 4 nitrogen and oxygen atoms in total. The molecule has 98 valence electrons. The molecule has 0 aliphatic rings. The Morgan fingerprint density at radius 2 is 1.75 bits per heavy atom. The van der Waals surface area contributed by atoms with E-state index in [2.05, 4.69) is 25.3 Å². The second kappa shape index (κ2) is 7.40. The lowest BCUT2D eigenvalue weighted by Crippen LogP contribution is -2.46. The van der Waals surface area contributed by atoms with Crippen molar-refractivity contribution >= 4 is 8.32 Å². The maximum atomic E-state index is 5.76. The van der Waals surface area contributed by atoms with Gasteiger partial charge in [-0.05, 0) is 39.0 Å². The molecule has 0 saturated heterocycles. The van der Waals surface area contributed by atoms with Crippen LogP contribution >= 0.6 is 0 Å². The van der Waals surface area contributed by atoms with Gasteiger partial charge in [-0.2, -0.15) is 0 Å². The van der Waals surface area contributed by atoms with Crippen molar-refractivity contribution in [1.29, 1.82) is 0 Å². The zero-order chi connectivity index (χ0) is 12.7. The Kier molecular flexibility index (Phi) is 7.42. The van der Waals surface area contributed by atoms with Crippen molar-refractivity contribution in [3.8, 4) is 0 Å². The summed E-state index contributed by atoms with van der Waals surface area (Å²) in [7, 11) is 1.83. The summed E-state index contributed by atoms with van der Waals surface area (Å²) in [5.74, 6) is -0.669. The predicted octanol–water partition coefficient (Wildman–Crippen LogP) is 2.17. The first kappa shape index (κ1) is 16.1. The first-order chi connectivity index (χ1) is 7.39. The van der Waals surface area contributed by atoms with E-state index in [0.717, 1.165) is 25.6 Å². The first-order valence-electron chi connectivity index (χ1n) is 5.88. The highest BCUT2D eigenvalue weighted by atomic mass is 28.4. The molecular weight excluding hydrogens is 222 g/mol. The van der Waals surface area contributed by atoms with Gasteiger partial charge in [-0.25, -0.2) is 0 Å². The van der Waals surface area contributed by atoms with Crippen LogP contribution in [0.15, 0.2) is 0 Å². The Labute approximate surface area is 101 Å². The molecule has 0 aliphatic carbocycles. The van der Waals surface area contributed by atoms with Gasteiger partial charge in [0.05, 0.1) is 0 Å². The number of rotatable bonds is 9. The molecule has 1 N–H and O–H groups in total. The van der Waals surface area contributed by atoms with Crippen molar-refractivity contribution < 1.29 is 13.9 Å². The Morgan fingerprint density at radius 1 is 1.19 bits per heavy atom. The molecule has 0 unspecified atom stereocenters. The molecule has 0 radical (unpaired) electrons. The van der Waals surface area contributed by atoms with Gasteiger partial charge in [-0.1, -0.05) is 0 Å². The highest BCUT2D eigenvalue weighted by Crippen LogP contribution is 2.13. The summed E-state index contributed by atoms with van der Waals surface area (Å²) in [6.45, 7) is 10.1. The summed E-state index contributed by atoms with van der Waals surface area (Å²) in [6.07, 6.45) is 1.08. The lowest BCUT2D eigenvalue weighted by Gasteiger charge is -2.28. The van der Waals surface area contributed by atoms with Crippen LogP contribution < -0.4 is 5.32 Å². The van der Waals surface area contributed by atoms with E-state index in [4.69, 9.17) is 13.9 Å². The van der Waals surface area contributed by atoms with Gasteiger partial charge in [0, 0.05) is 27.8 Å². The Balaban J connectivity index is 3.75. The topological polar surface area (TPSA) is 39.7 Å². The van der Waals surface area contributed by atoms with Gasteiger partial charge < -0.3 is 13.9 Å². The quantitative estimate of drug-likeness (QED) is 0.386. The normalized spacial score (nSPS) is 13.1. The third kappa shape index (κ3) is 6.60. The lowest BCUT2D eigenvalue weighted by atomic mass is 10.4. The summed E-state index contributed by atoms with van der Waals surface area (Å²) in [4.78, 5) is 0. The molecule has 0 aromatic heterocycles. The summed E-state index contributed by atoms with van der Waals surface area (Å²) >= 11 is 0. The standard InChI is InChI=1S/C11H27NO3Si/c1-7-15-16(5,6)10-8-9-12-11(2,13-3)14-4/h12H,7-10H2,1-6H3. The van der Waals surface area contributed by atoms with Crippen LogP contribution in [0.2, 0.25) is 19.1 Å². The second-order valence-electron chi connectivity index (χ2n) is 4.58. The molecule has 0 amide bonds. The van der Waals surface area contributed by atoms with E-state index in [0.29, 0.717) is 0 Å². The second-order valence-corrected chi connectivity index (χ2v) is 8.89. The minimum absolute atomic E-state index is 0.669. The van der Waals surface area contributed by atoms with Crippen LogP contribution in [0.25, 0.3) is 0 Å². The number of hydrogen-bond donors (Lipinski definition) is 1. The van der Waals surface area contributed by atoms with Crippen LogP contribution in [0, 0.1) is 0 Å². The molecule has 0 aromatic carbocycles. The molecule has 0 spiro atoms. The molecule has 0 aromatic rings. The lowest BCUT2D eigenvalue weighted by molar-refractivity contribution is -0.214. The van der Waals surface area contributed by atoms with Crippen molar-refractivity contribution in [2.24, 2.45) is 0 Å². The smallest absolute Gasteiger partial charge is 0.223 e. The van der Waals surface area contributed by atoms with E-state index in [9.17, 15) is 0 Å². The fourth-order valence-electron chi connectivity index (χ4n) is 1.52. The highest BCUT2D eigenvalue weighted by Gasteiger charge is 2.23. The number of hydrogen-bond acceptors (Lipinski definition) is 4. The minimum atomic E-state index is -1.44. The molecular formula is C11H27NO3Si. The molecule has 0 bridgehead atoms. The van der Waals surface area contributed by atoms with Crippen molar-refractivity contribution in [1.82, 2.24) is 5.32 Å². The molecule has 0 fully saturated rings. The first-order valence-corrected chi connectivity index (χ1v) is 9.00. The minimum Gasteiger partial charge on any atom is -0.418 e. The van der Waals surface area contributed by atoms with Crippen molar-refractivity contribution in [3.63, 3.8) is 0 Å². The van der Waals surface area contributed by atoms with Gasteiger partial charge in [0.15, 0.2) is 8.32 Å². The average Bonchev–Trinajstić information content (AvgIpc) is 2.24. The van der Waals surface area contributed by atoms with Crippen LogP contribution in [0.3, 0.4) is 0 Å². The monoisotopic (exact) mass is 249 g/mol. The maximum Gasteiger partial charge on any atom is 0.223 e. The van der Waals surface area contributed by atoms with Crippen LogP contribution in [-0.4, -0.2) is 41.6 Å². The third-order valence-electron chi connectivity index (χ3n) is 2.72. The van der Waals surface area contributed by atoms with Gasteiger partial charge in [-0.15, -0.1) is 0 Å². The Morgan fingerprint density at radius 3 is 2.19 bits per heavy atom. The van der Waals surface area contributed by atoms with Gasteiger partial charge in [0.2, 0.25) is 5.91 Å². The number of methoxy groups -OCH3 is 2. The summed E-state index contributed by atoms with van der Waals surface area (Å²) < 4.78 is 16.2. The van der Waals surface area contributed by atoms with E-state index in [1.165, 1.54) is 0 Å². The SMILES string of the molecule is CCO[Si](C)(C)CCCNC(C)(OC)OC. The predicted molar refractivity (Wildman–Crippen MR) is 69.0 cm³/mol. The van der Waals surface area contributed by atoms with Crippen molar-refractivity contribution in [2.45, 2.75) is 45.3 Å². The van der Waals surface area contributed by atoms with Gasteiger partial charge in [-0.3, -0.25) is 5.32 Å². The summed E-state index contributed by atoms with van der Waals surface area (Å²) in [5, 5.41) is 3.23. The van der Waals surface area contributed by atoms with E-state index in [1.807, 2.05) is 6.92 Å². The number of ether oxygens (including phenoxy) is 2. The molecule has 0 aliphatic heterocycles. The highest BCUT2D eigenvalue weighted by molar-refractivity contribution is 6.71. The van der Waals surface area contributed by atoms with Crippen molar-refractivity contribution in [2.75, 3.05) is 27.4 Å². The molecule has 5 heteroatoms. The van der Waals surface area contributed by atoms with E-state index in [1.54, 1.807) is 14.2 Å². The van der Waals surface area contributed by atoms with E-state index >= 15 is 0 Å². The number of nitrogens with one attached hydrogen (secondary N) is 1. The van der Waals surface area contributed by atoms with Crippen LogP contribution in [-0.2, 0) is 13.9 Å². The molecule has 0 saturated carbocycles. The van der Waals surface area contributed by atoms with Gasteiger partial charge in [0.25, 0.3) is 0 Å². The molecule has 0 rings (SSSR count). The largest absolute Gasteiger partial charge is 0.418 e. The van der Waals surface area contributed by atoms with Gasteiger partial charge in [0.1, 0.15) is 0 Å². The average molecular weight is 249 g/mol. The molecule has 16 heavy (non-hydrogen) atoms. The fourth-order valence-corrected chi connectivity index (χ4v) is 3.47. The van der Waals surface area contributed by atoms with Crippen LogP contribution in [0.5, 0.6) is 0 Å². The molecule has 0 atom stereocenters. The summed E-state index contributed by atoms with van der Waals surface area (Å²) in [5.41, 5.74) is 0. The van der Waals surface area contributed by atoms with Crippen molar-refractivity contribution in [3.05, 3.63) is 0 Å². The Bertz CT molecular complexity index is 184. The van der Waals surface area contributed by atoms with E-state index < -0.39 is 14.2 Å². The zero-order valence-corrected chi connectivity index (χ0v) is 12.6. The van der Waals surface area contributed by atoms with Crippen LogP contribution in [0.1, 0.15) is 20.3 Å². The maximum absolute atomic E-state index is 5.76. The molecule has 0 heterocycles. The van der Waals surface area contributed by atoms with Gasteiger partial charge >= 0.3 is 0 Å². The Hall–Kier alpha value is 0.0569. The summed E-state index contributed by atoms with van der Waals surface area (Å²) in [6, 6.07) is 1.15. The van der Waals surface area contributed by atoms with Crippen LogP contribution in [0.4, 0.5) is 0 Å². The third-order valence-corrected chi connectivity index (χ3v) is 5.34. The zero-order valence-electron chi connectivity index (χ0n) is 11.6. The van der Waals surface area contributed by atoms with E-state index in [-0.39, 0.29) is 0 Å².